The Bertz CT molecular complexity index is 512. The van der Waals surface area contributed by atoms with Crippen molar-refractivity contribution in [3.05, 3.63) is 77.9 Å². The van der Waals surface area contributed by atoms with Gasteiger partial charge >= 0.3 is 0 Å². The average Bonchev–Trinajstić information content (AvgIpc) is 2.46. The molecular formula is C18H20O. The van der Waals surface area contributed by atoms with Crippen molar-refractivity contribution in [2.75, 3.05) is 0 Å². The molecule has 0 spiro atoms. The lowest BCUT2D eigenvalue weighted by atomic mass is 10.1. The smallest absolute Gasteiger partial charge is 0.0814 e. The van der Waals surface area contributed by atoms with E-state index in [1.54, 1.807) is 0 Å². The van der Waals surface area contributed by atoms with Crippen LogP contribution in [0.2, 0.25) is 0 Å². The van der Waals surface area contributed by atoms with E-state index in [-0.39, 0.29) is 5.60 Å². The van der Waals surface area contributed by atoms with Gasteiger partial charge in [0, 0.05) is 0 Å². The predicted molar refractivity (Wildman–Crippen MR) is 80.8 cm³/mol. The molecule has 0 atom stereocenters. The van der Waals surface area contributed by atoms with Crippen LogP contribution in [0.15, 0.2) is 66.7 Å². The molecule has 0 heterocycles. The monoisotopic (exact) mass is 252 g/mol. The second-order valence-electron chi connectivity index (χ2n) is 5.12. The SMILES string of the molecule is CC(C)(/C=C/c1ccccc1)OCc1ccccc1. The Hall–Kier alpha value is -1.86. The topological polar surface area (TPSA) is 9.23 Å². The van der Waals surface area contributed by atoms with E-state index in [2.05, 4.69) is 50.3 Å². The van der Waals surface area contributed by atoms with Gasteiger partial charge in [-0.1, -0.05) is 72.8 Å². The van der Waals surface area contributed by atoms with Crippen molar-refractivity contribution < 1.29 is 4.74 Å². The Morgan fingerprint density at radius 1 is 0.895 bits per heavy atom. The maximum absolute atomic E-state index is 5.95. The number of rotatable bonds is 5. The second kappa shape index (κ2) is 6.35. The first-order chi connectivity index (χ1) is 9.16. The Morgan fingerprint density at radius 3 is 2.11 bits per heavy atom. The van der Waals surface area contributed by atoms with Crippen molar-refractivity contribution in [1.29, 1.82) is 0 Å². The number of benzene rings is 2. The third kappa shape index (κ3) is 4.72. The first kappa shape index (κ1) is 13.6. The Balaban J connectivity index is 1.93. The van der Waals surface area contributed by atoms with Gasteiger partial charge in [-0.05, 0) is 25.0 Å². The quantitative estimate of drug-likeness (QED) is 0.749. The van der Waals surface area contributed by atoms with Gasteiger partial charge < -0.3 is 4.74 Å². The van der Waals surface area contributed by atoms with Gasteiger partial charge in [0.15, 0.2) is 0 Å². The van der Waals surface area contributed by atoms with Crippen LogP contribution in [0.1, 0.15) is 25.0 Å². The van der Waals surface area contributed by atoms with E-state index in [1.807, 2.05) is 36.4 Å². The third-order valence-electron chi connectivity index (χ3n) is 2.93. The summed E-state index contributed by atoms with van der Waals surface area (Å²) in [6.07, 6.45) is 4.20. The Morgan fingerprint density at radius 2 is 1.47 bits per heavy atom. The normalized spacial score (nSPS) is 11.9. The van der Waals surface area contributed by atoms with E-state index < -0.39 is 0 Å². The van der Waals surface area contributed by atoms with E-state index in [4.69, 9.17) is 4.74 Å². The van der Waals surface area contributed by atoms with Crippen molar-refractivity contribution >= 4 is 6.08 Å². The molecule has 2 aromatic carbocycles. The average molecular weight is 252 g/mol. The maximum atomic E-state index is 5.95. The van der Waals surface area contributed by atoms with Gasteiger partial charge in [0.1, 0.15) is 0 Å². The molecule has 0 fully saturated rings. The zero-order chi connectivity index (χ0) is 13.6. The first-order valence-electron chi connectivity index (χ1n) is 6.58. The van der Waals surface area contributed by atoms with E-state index in [1.165, 1.54) is 11.1 Å². The molecule has 1 heteroatoms. The molecule has 0 amide bonds. The molecule has 0 saturated carbocycles. The summed E-state index contributed by atoms with van der Waals surface area (Å²) in [6, 6.07) is 20.5. The summed E-state index contributed by atoms with van der Waals surface area (Å²) in [5, 5.41) is 0. The van der Waals surface area contributed by atoms with Gasteiger partial charge in [-0.15, -0.1) is 0 Å². The highest BCUT2D eigenvalue weighted by molar-refractivity contribution is 5.49. The molecule has 98 valence electrons. The summed E-state index contributed by atoms with van der Waals surface area (Å²) >= 11 is 0. The minimum Gasteiger partial charge on any atom is -0.367 e. The van der Waals surface area contributed by atoms with Crippen molar-refractivity contribution in [1.82, 2.24) is 0 Å². The fourth-order valence-corrected chi connectivity index (χ4v) is 1.75. The molecular weight excluding hydrogens is 232 g/mol. The van der Waals surface area contributed by atoms with E-state index in [0.29, 0.717) is 6.61 Å². The minimum atomic E-state index is -0.272. The van der Waals surface area contributed by atoms with Crippen molar-refractivity contribution in [3.63, 3.8) is 0 Å². The summed E-state index contributed by atoms with van der Waals surface area (Å²) in [7, 11) is 0. The lowest BCUT2D eigenvalue weighted by Gasteiger charge is -2.21. The highest BCUT2D eigenvalue weighted by Crippen LogP contribution is 2.16. The highest BCUT2D eigenvalue weighted by atomic mass is 16.5. The van der Waals surface area contributed by atoms with Crippen LogP contribution in [0.5, 0.6) is 0 Å². The van der Waals surface area contributed by atoms with Crippen LogP contribution >= 0.6 is 0 Å². The highest BCUT2D eigenvalue weighted by Gasteiger charge is 2.13. The van der Waals surface area contributed by atoms with Crippen LogP contribution < -0.4 is 0 Å². The van der Waals surface area contributed by atoms with Gasteiger partial charge in [-0.2, -0.15) is 0 Å². The van der Waals surface area contributed by atoms with Crippen LogP contribution in [-0.4, -0.2) is 5.60 Å². The summed E-state index contributed by atoms with van der Waals surface area (Å²) in [4.78, 5) is 0. The van der Waals surface area contributed by atoms with E-state index in [9.17, 15) is 0 Å². The van der Waals surface area contributed by atoms with Gasteiger partial charge in [0.25, 0.3) is 0 Å². The third-order valence-corrected chi connectivity index (χ3v) is 2.93. The molecule has 1 nitrogen and oxygen atoms in total. The van der Waals surface area contributed by atoms with Crippen molar-refractivity contribution in [3.8, 4) is 0 Å². The van der Waals surface area contributed by atoms with Crippen LogP contribution in [-0.2, 0) is 11.3 Å². The second-order valence-corrected chi connectivity index (χ2v) is 5.12. The molecule has 2 aromatic rings. The molecule has 0 radical (unpaired) electrons. The first-order valence-corrected chi connectivity index (χ1v) is 6.58. The molecule has 0 aromatic heterocycles. The molecule has 0 N–H and O–H groups in total. The maximum Gasteiger partial charge on any atom is 0.0814 e. The molecule has 0 saturated heterocycles. The minimum absolute atomic E-state index is 0.272. The lowest BCUT2D eigenvalue weighted by molar-refractivity contribution is 0.00771. The Kier molecular flexibility index (Phi) is 4.53. The van der Waals surface area contributed by atoms with Gasteiger partial charge in [-0.25, -0.2) is 0 Å². The zero-order valence-electron chi connectivity index (χ0n) is 11.5. The van der Waals surface area contributed by atoms with Crippen LogP contribution in [0.3, 0.4) is 0 Å². The number of hydrogen-bond donors (Lipinski definition) is 0. The summed E-state index contributed by atoms with van der Waals surface area (Å²) in [6.45, 7) is 4.79. The van der Waals surface area contributed by atoms with Crippen molar-refractivity contribution in [2.45, 2.75) is 26.1 Å². The lowest BCUT2D eigenvalue weighted by Crippen LogP contribution is -2.20. The molecule has 0 unspecified atom stereocenters. The molecule has 0 aliphatic heterocycles. The van der Waals surface area contributed by atoms with E-state index in [0.717, 1.165) is 0 Å². The van der Waals surface area contributed by atoms with E-state index >= 15 is 0 Å². The van der Waals surface area contributed by atoms with Gasteiger partial charge in [0.05, 0.1) is 12.2 Å². The van der Waals surface area contributed by atoms with Gasteiger partial charge in [-0.3, -0.25) is 0 Å². The summed E-state index contributed by atoms with van der Waals surface area (Å²) in [5.74, 6) is 0. The van der Waals surface area contributed by atoms with Gasteiger partial charge in [0.2, 0.25) is 0 Å². The molecule has 19 heavy (non-hydrogen) atoms. The largest absolute Gasteiger partial charge is 0.367 e. The predicted octanol–water partition coefficient (Wildman–Crippen LogP) is 4.70. The standard InChI is InChI=1S/C18H20O/c1-18(2,14-13-16-9-5-3-6-10-16)19-15-17-11-7-4-8-12-17/h3-14H,15H2,1-2H3/b14-13+. The molecule has 2 rings (SSSR count). The van der Waals surface area contributed by atoms with Crippen LogP contribution in [0.25, 0.3) is 6.08 Å². The fraction of sp³-hybridized carbons (Fsp3) is 0.222. The van der Waals surface area contributed by atoms with Crippen LogP contribution in [0.4, 0.5) is 0 Å². The summed E-state index contributed by atoms with van der Waals surface area (Å²) < 4.78 is 5.95. The molecule has 0 aliphatic rings. The summed E-state index contributed by atoms with van der Waals surface area (Å²) in [5.41, 5.74) is 2.12. The number of ether oxygens (including phenoxy) is 1. The van der Waals surface area contributed by atoms with Crippen LogP contribution in [0, 0.1) is 0 Å². The Labute approximate surface area is 115 Å². The number of hydrogen-bond acceptors (Lipinski definition) is 1. The zero-order valence-corrected chi connectivity index (χ0v) is 11.5. The molecule has 0 aliphatic carbocycles. The van der Waals surface area contributed by atoms with Crippen molar-refractivity contribution in [2.24, 2.45) is 0 Å². The molecule has 0 bridgehead atoms. The fourth-order valence-electron chi connectivity index (χ4n) is 1.75.